The SMILES string of the molecule is CCOc1c(C(=O)Nc2cnoc2)nc(N2CCCCC2)n(C)c1=O. The number of ether oxygens (including phenoxy) is 1. The monoisotopic (exact) mass is 347 g/mol. The number of aromatic nitrogens is 3. The van der Waals surface area contributed by atoms with E-state index in [2.05, 4.69) is 15.5 Å². The topological polar surface area (TPSA) is 102 Å². The van der Waals surface area contributed by atoms with Crippen molar-refractivity contribution in [2.75, 3.05) is 29.9 Å². The number of rotatable bonds is 5. The average molecular weight is 347 g/mol. The number of carbonyl (C=O) groups excluding carboxylic acids is 1. The molecule has 1 fully saturated rings. The van der Waals surface area contributed by atoms with Crippen molar-refractivity contribution in [1.29, 1.82) is 0 Å². The van der Waals surface area contributed by atoms with Crippen LogP contribution < -0.4 is 20.5 Å². The highest BCUT2D eigenvalue weighted by Crippen LogP contribution is 2.21. The van der Waals surface area contributed by atoms with Gasteiger partial charge < -0.3 is 19.5 Å². The first kappa shape index (κ1) is 17.0. The summed E-state index contributed by atoms with van der Waals surface area (Å²) in [7, 11) is 1.64. The lowest BCUT2D eigenvalue weighted by atomic mass is 10.1. The van der Waals surface area contributed by atoms with E-state index in [9.17, 15) is 9.59 Å². The summed E-state index contributed by atoms with van der Waals surface area (Å²) >= 11 is 0. The molecule has 134 valence electrons. The normalized spacial score (nSPS) is 14.4. The first-order valence-corrected chi connectivity index (χ1v) is 8.31. The van der Waals surface area contributed by atoms with Crippen LogP contribution in [0.4, 0.5) is 11.6 Å². The van der Waals surface area contributed by atoms with E-state index in [4.69, 9.17) is 9.26 Å². The minimum Gasteiger partial charge on any atom is -0.486 e. The van der Waals surface area contributed by atoms with Gasteiger partial charge in [0.2, 0.25) is 11.7 Å². The number of carbonyl (C=O) groups is 1. The largest absolute Gasteiger partial charge is 0.486 e. The minimum atomic E-state index is -0.539. The van der Waals surface area contributed by atoms with E-state index in [1.807, 2.05) is 4.90 Å². The third kappa shape index (κ3) is 3.49. The highest BCUT2D eigenvalue weighted by atomic mass is 16.5. The van der Waals surface area contributed by atoms with Crippen LogP contribution in [0.5, 0.6) is 5.75 Å². The fraction of sp³-hybridized carbons (Fsp3) is 0.500. The molecule has 0 atom stereocenters. The molecule has 9 heteroatoms. The van der Waals surface area contributed by atoms with Crippen molar-refractivity contribution in [2.45, 2.75) is 26.2 Å². The lowest BCUT2D eigenvalue weighted by Crippen LogP contribution is -2.37. The summed E-state index contributed by atoms with van der Waals surface area (Å²) in [6.07, 6.45) is 5.88. The summed E-state index contributed by atoms with van der Waals surface area (Å²) < 4.78 is 11.6. The Morgan fingerprint density at radius 2 is 2.12 bits per heavy atom. The molecule has 0 aliphatic carbocycles. The molecule has 0 bridgehead atoms. The van der Waals surface area contributed by atoms with Gasteiger partial charge in [0.1, 0.15) is 12.0 Å². The molecule has 1 N–H and O–H groups in total. The Morgan fingerprint density at radius 3 is 2.76 bits per heavy atom. The number of hydrogen-bond donors (Lipinski definition) is 1. The van der Waals surface area contributed by atoms with Gasteiger partial charge in [0.15, 0.2) is 5.69 Å². The van der Waals surface area contributed by atoms with E-state index < -0.39 is 5.91 Å². The second-order valence-corrected chi connectivity index (χ2v) is 5.80. The average Bonchev–Trinajstić information content (AvgIpc) is 3.13. The van der Waals surface area contributed by atoms with Crippen LogP contribution in [-0.4, -0.2) is 40.3 Å². The zero-order valence-electron chi connectivity index (χ0n) is 14.3. The second kappa shape index (κ2) is 7.37. The summed E-state index contributed by atoms with van der Waals surface area (Å²) in [6, 6.07) is 0. The van der Waals surface area contributed by atoms with Gasteiger partial charge in [-0.2, -0.15) is 0 Å². The molecule has 25 heavy (non-hydrogen) atoms. The summed E-state index contributed by atoms with van der Waals surface area (Å²) in [6.45, 7) is 3.62. The van der Waals surface area contributed by atoms with Crippen molar-refractivity contribution in [1.82, 2.24) is 14.7 Å². The number of hydrogen-bond acceptors (Lipinski definition) is 7. The maximum atomic E-state index is 12.7. The van der Waals surface area contributed by atoms with Gasteiger partial charge in [0.05, 0.1) is 12.8 Å². The van der Waals surface area contributed by atoms with Crippen molar-refractivity contribution in [2.24, 2.45) is 7.05 Å². The number of amides is 1. The van der Waals surface area contributed by atoms with Crippen molar-refractivity contribution in [3.8, 4) is 5.75 Å². The highest BCUT2D eigenvalue weighted by Gasteiger charge is 2.25. The van der Waals surface area contributed by atoms with Gasteiger partial charge in [-0.3, -0.25) is 14.2 Å². The molecule has 0 saturated carbocycles. The zero-order chi connectivity index (χ0) is 17.8. The van der Waals surface area contributed by atoms with Crippen LogP contribution in [-0.2, 0) is 7.05 Å². The summed E-state index contributed by atoms with van der Waals surface area (Å²) in [5.41, 5.74) is -0.0333. The summed E-state index contributed by atoms with van der Waals surface area (Å²) in [5, 5.41) is 6.14. The van der Waals surface area contributed by atoms with Crippen molar-refractivity contribution >= 4 is 17.5 Å². The fourth-order valence-electron chi connectivity index (χ4n) is 2.83. The highest BCUT2D eigenvalue weighted by molar-refractivity contribution is 6.04. The van der Waals surface area contributed by atoms with Gasteiger partial charge in [-0.1, -0.05) is 5.16 Å². The van der Waals surface area contributed by atoms with Crippen molar-refractivity contribution in [3.05, 3.63) is 28.5 Å². The maximum Gasteiger partial charge on any atom is 0.297 e. The lowest BCUT2D eigenvalue weighted by molar-refractivity contribution is 0.101. The smallest absolute Gasteiger partial charge is 0.297 e. The molecule has 0 aromatic carbocycles. The van der Waals surface area contributed by atoms with Crippen LogP contribution in [0, 0.1) is 0 Å². The molecule has 1 aliphatic rings. The Labute approximate surface area is 144 Å². The molecule has 0 unspecified atom stereocenters. The Balaban J connectivity index is 2.02. The van der Waals surface area contributed by atoms with Gasteiger partial charge in [0.25, 0.3) is 11.5 Å². The molecule has 3 heterocycles. The first-order valence-electron chi connectivity index (χ1n) is 8.31. The fourth-order valence-corrected chi connectivity index (χ4v) is 2.83. The number of nitrogens with one attached hydrogen (secondary N) is 1. The molecule has 2 aromatic rings. The third-order valence-electron chi connectivity index (χ3n) is 4.06. The Hall–Kier alpha value is -2.84. The molecular weight excluding hydrogens is 326 g/mol. The summed E-state index contributed by atoms with van der Waals surface area (Å²) in [4.78, 5) is 31.8. The molecule has 3 rings (SSSR count). The van der Waals surface area contributed by atoms with E-state index in [1.54, 1.807) is 14.0 Å². The summed E-state index contributed by atoms with van der Waals surface area (Å²) in [5.74, 6) is -0.119. The molecule has 1 amide bonds. The van der Waals surface area contributed by atoms with Crippen LogP contribution in [0.25, 0.3) is 0 Å². The lowest BCUT2D eigenvalue weighted by Gasteiger charge is -2.29. The number of piperidine rings is 1. The van der Waals surface area contributed by atoms with Gasteiger partial charge in [-0.15, -0.1) is 0 Å². The molecule has 0 radical (unpaired) electrons. The third-order valence-corrected chi connectivity index (χ3v) is 4.06. The van der Waals surface area contributed by atoms with Crippen LogP contribution in [0.2, 0.25) is 0 Å². The molecule has 1 saturated heterocycles. The molecular formula is C16H21N5O4. The quantitative estimate of drug-likeness (QED) is 0.872. The Morgan fingerprint density at radius 1 is 1.36 bits per heavy atom. The maximum absolute atomic E-state index is 12.7. The Bertz CT molecular complexity index is 794. The molecule has 9 nitrogen and oxygen atoms in total. The number of nitrogens with zero attached hydrogens (tertiary/aromatic N) is 4. The molecule has 0 spiro atoms. The number of anilines is 2. The van der Waals surface area contributed by atoms with Crippen LogP contribution in [0.15, 0.2) is 21.8 Å². The molecule has 1 aliphatic heterocycles. The minimum absolute atomic E-state index is 0.0354. The van der Waals surface area contributed by atoms with E-state index in [-0.39, 0.29) is 23.6 Å². The van der Waals surface area contributed by atoms with E-state index in [0.29, 0.717) is 11.6 Å². The first-order chi connectivity index (χ1) is 12.1. The predicted octanol–water partition coefficient (Wildman–Crippen LogP) is 1.41. The van der Waals surface area contributed by atoms with E-state index in [0.717, 1.165) is 32.4 Å². The predicted molar refractivity (Wildman–Crippen MR) is 91.2 cm³/mol. The van der Waals surface area contributed by atoms with E-state index >= 15 is 0 Å². The molecule has 2 aromatic heterocycles. The standard InChI is InChI=1S/C16H21N5O4/c1-3-24-13-12(14(22)18-11-9-17-25-10-11)19-16(20(2)15(13)23)21-7-5-4-6-8-21/h9-10H,3-8H2,1-2H3,(H,18,22). The van der Waals surface area contributed by atoms with Crippen molar-refractivity contribution in [3.63, 3.8) is 0 Å². The second-order valence-electron chi connectivity index (χ2n) is 5.80. The van der Waals surface area contributed by atoms with Gasteiger partial charge in [0, 0.05) is 20.1 Å². The van der Waals surface area contributed by atoms with Gasteiger partial charge in [-0.25, -0.2) is 4.98 Å². The van der Waals surface area contributed by atoms with E-state index in [1.165, 1.54) is 17.0 Å². The van der Waals surface area contributed by atoms with Crippen LogP contribution >= 0.6 is 0 Å². The van der Waals surface area contributed by atoms with Crippen molar-refractivity contribution < 1.29 is 14.1 Å². The van der Waals surface area contributed by atoms with Gasteiger partial charge >= 0.3 is 0 Å². The Kier molecular flexibility index (Phi) is 5.01. The van der Waals surface area contributed by atoms with Crippen LogP contribution in [0.3, 0.4) is 0 Å². The zero-order valence-corrected chi connectivity index (χ0v) is 14.3. The van der Waals surface area contributed by atoms with Gasteiger partial charge in [-0.05, 0) is 26.2 Å². The van der Waals surface area contributed by atoms with Crippen LogP contribution in [0.1, 0.15) is 36.7 Å².